The van der Waals surface area contributed by atoms with Gasteiger partial charge in [-0.2, -0.15) is 0 Å². The normalized spacial score (nSPS) is 12.2. The summed E-state index contributed by atoms with van der Waals surface area (Å²) in [5.74, 6) is -0.173. The Morgan fingerprint density at radius 2 is 1.90 bits per heavy atom. The van der Waals surface area contributed by atoms with Gasteiger partial charge in [0.25, 0.3) is 0 Å². The van der Waals surface area contributed by atoms with Crippen molar-refractivity contribution in [3.63, 3.8) is 0 Å². The van der Waals surface area contributed by atoms with E-state index in [1.807, 2.05) is 25.1 Å². The zero-order valence-corrected chi connectivity index (χ0v) is 11.5. The summed E-state index contributed by atoms with van der Waals surface area (Å²) in [4.78, 5) is 0. The number of hydrogen-bond acceptors (Lipinski definition) is 2. The van der Waals surface area contributed by atoms with Crippen LogP contribution in [0.2, 0.25) is 0 Å². The first-order valence-corrected chi connectivity index (χ1v) is 6.35. The van der Waals surface area contributed by atoms with Crippen molar-refractivity contribution >= 4 is 0 Å². The van der Waals surface area contributed by atoms with Gasteiger partial charge in [0.1, 0.15) is 17.4 Å². The van der Waals surface area contributed by atoms with Gasteiger partial charge in [0, 0.05) is 6.04 Å². The molecule has 0 aromatic heterocycles. The van der Waals surface area contributed by atoms with Gasteiger partial charge >= 0.3 is 0 Å². The summed E-state index contributed by atoms with van der Waals surface area (Å²) in [6, 6.07) is 8.58. The minimum Gasteiger partial charge on any atom is -0.496 e. The molecule has 2 rings (SSSR count). The van der Waals surface area contributed by atoms with Crippen LogP contribution in [-0.4, -0.2) is 7.11 Å². The quantitative estimate of drug-likeness (QED) is 0.928. The van der Waals surface area contributed by atoms with Gasteiger partial charge in [-0.1, -0.05) is 12.1 Å². The minimum atomic E-state index is -0.463. The topological polar surface area (TPSA) is 35.2 Å². The third kappa shape index (κ3) is 3.14. The summed E-state index contributed by atoms with van der Waals surface area (Å²) < 4.78 is 32.0. The standard InChI is InChI=1S/C16H17F2NO/c1-10-3-4-11(9-16(10)20-2)15(19)8-12-7-13(17)5-6-14(12)18/h3-7,9,15H,8,19H2,1-2H3. The van der Waals surface area contributed by atoms with Crippen molar-refractivity contribution in [1.82, 2.24) is 0 Å². The monoisotopic (exact) mass is 277 g/mol. The molecule has 1 atom stereocenters. The van der Waals surface area contributed by atoms with Crippen LogP contribution in [0.1, 0.15) is 22.7 Å². The van der Waals surface area contributed by atoms with Crippen molar-refractivity contribution in [3.05, 3.63) is 64.7 Å². The largest absolute Gasteiger partial charge is 0.496 e. The molecule has 0 aliphatic rings. The van der Waals surface area contributed by atoms with E-state index in [2.05, 4.69) is 0 Å². The van der Waals surface area contributed by atoms with Crippen molar-refractivity contribution < 1.29 is 13.5 Å². The number of benzene rings is 2. The third-order valence-corrected chi connectivity index (χ3v) is 3.31. The SMILES string of the molecule is COc1cc(C(N)Cc2cc(F)ccc2F)ccc1C. The maximum absolute atomic E-state index is 13.6. The fraction of sp³-hybridized carbons (Fsp3) is 0.250. The Hall–Kier alpha value is -1.94. The zero-order valence-electron chi connectivity index (χ0n) is 11.5. The van der Waals surface area contributed by atoms with Gasteiger partial charge in [0.05, 0.1) is 7.11 Å². The van der Waals surface area contributed by atoms with Crippen LogP contribution in [0.5, 0.6) is 5.75 Å². The predicted molar refractivity (Wildman–Crippen MR) is 74.7 cm³/mol. The molecule has 0 saturated carbocycles. The Balaban J connectivity index is 2.23. The van der Waals surface area contributed by atoms with Gasteiger partial charge in [0.2, 0.25) is 0 Å². The highest BCUT2D eigenvalue weighted by Crippen LogP contribution is 2.25. The molecule has 0 fully saturated rings. The number of aryl methyl sites for hydroxylation is 1. The van der Waals surface area contributed by atoms with Gasteiger partial charge in [-0.3, -0.25) is 0 Å². The lowest BCUT2D eigenvalue weighted by Gasteiger charge is -2.15. The Morgan fingerprint density at radius 1 is 1.15 bits per heavy atom. The fourth-order valence-electron chi connectivity index (χ4n) is 2.12. The van der Waals surface area contributed by atoms with E-state index in [0.717, 1.165) is 29.0 Å². The van der Waals surface area contributed by atoms with Gasteiger partial charge in [-0.15, -0.1) is 0 Å². The Kier molecular flexibility index (Phi) is 4.35. The first kappa shape index (κ1) is 14.5. The number of methoxy groups -OCH3 is 1. The molecule has 0 bridgehead atoms. The third-order valence-electron chi connectivity index (χ3n) is 3.31. The van der Waals surface area contributed by atoms with Gasteiger partial charge < -0.3 is 10.5 Å². The van der Waals surface area contributed by atoms with E-state index in [9.17, 15) is 8.78 Å². The molecule has 0 amide bonds. The first-order chi connectivity index (χ1) is 9.51. The van der Waals surface area contributed by atoms with Crippen LogP contribution in [0, 0.1) is 18.6 Å². The Morgan fingerprint density at radius 3 is 2.60 bits per heavy atom. The highest BCUT2D eigenvalue weighted by Gasteiger charge is 2.13. The lowest BCUT2D eigenvalue weighted by Crippen LogP contribution is -2.14. The predicted octanol–water partition coefficient (Wildman–Crippen LogP) is 3.52. The second-order valence-corrected chi connectivity index (χ2v) is 4.78. The van der Waals surface area contributed by atoms with E-state index >= 15 is 0 Å². The Bertz CT molecular complexity index is 613. The maximum atomic E-state index is 13.6. The average Bonchev–Trinajstić information content (AvgIpc) is 2.43. The van der Waals surface area contributed by atoms with Crippen molar-refractivity contribution in [1.29, 1.82) is 0 Å². The molecule has 2 aromatic rings. The summed E-state index contributed by atoms with van der Waals surface area (Å²) in [6.45, 7) is 1.93. The van der Waals surface area contributed by atoms with Crippen LogP contribution in [0.3, 0.4) is 0 Å². The number of rotatable bonds is 4. The van der Waals surface area contributed by atoms with Gasteiger partial charge in [0.15, 0.2) is 0 Å². The lowest BCUT2D eigenvalue weighted by molar-refractivity contribution is 0.410. The molecule has 0 heterocycles. The minimum absolute atomic E-state index is 0.232. The molecule has 0 radical (unpaired) electrons. The van der Waals surface area contributed by atoms with E-state index in [0.29, 0.717) is 0 Å². The molecule has 0 spiro atoms. The fourth-order valence-corrected chi connectivity index (χ4v) is 2.12. The molecule has 106 valence electrons. The van der Waals surface area contributed by atoms with E-state index < -0.39 is 17.7 Å². The van der Waals surface area contributed by atoms with Crippen LogP contribution in [0.15, 0.2) is 36.4 Å². The molecule has 0 aliphatic heterocycles. The lowest BCUT2D eigenvalue weighted by atomic mass is 9.98. The molecule has 20 heavy (non-hydrogen) atoms. The van der Waals surface area contributed by atoms with E-state index in [-0.39, 0.29) is 12.0 Å². The molecule has 2 N–H and O–H groups in total. The summed E-state index contributed by atoms with van der Waals surface area (Å²) in [6.07, 6.45) is 0.232. The van der Waals surface area contributed by atoms with Crippen molar-refractivity contribution in [2.75, 3.05) is 7.11 Å². The maximum Gasteiger partial charge on any atom is 0.126 e. The molecule has 0 saturated heterocycles. The first-order valence-electron chi connectivity index (χ1n) is 6.35. The van der Waals surface area contributed by atoms with E-state index in [1.165, 1.54) is 6.07 Å². The van der Waals surface area contributed by atoms with Crippen LogP contribution in [0.4, 0.5) is 8.78 Å². The second kappa shape index (κ2) is 6.01. The molecule has 2 nitrogen and oxygen atoms in total. The summed E-state index contributed by atoms with van der Waals surface area (Å²) in [7, 11) is 1.59. The van der Waals surface area contributed by atoms with Crippen LogP contribution < -0.4 is 10.5 Å². The van der Waals surface area contributed by atoms with Gasteiger partial charge in [-0.05, 0) is 54.3 Å². The average molecular weight is 277 g/mol. The number of halogens is 2. The summed E-state index contributed by atoms with van der Waals surface area (Å²) >= 11 is 0. The molecular weight excluding hydrogens is 260 g/mol. The van der Waals surface area contributed by atoms with Crippen molar-refractivity contribution in [2.24, 2.45) is 5.73 Å². The number of nitrogens with two attached hydrogens (primary N) is 1. The van der Waals surface area contributed by atoms with Crippen LogP contribution in [-0.2, 0) is 6.42 Å². The molecule has 4 heteroatoms. The van der Waals surface area contributed by atoms with Crippen LogP contribution in [0.25, 0.3) is 0 Å². The number of ether oxygens (including phenoxy) is 1. The summed E-state index contributed by atoms with van der Waals surface area (Å²) in [5.41, 5.74) is 8.18. The zero-order chi connectivity index (χ0) is 14.7. The van der Waals surface area contributed by atoms with Crippen molar-refractivity contribution in [3.8, 4) is 5.75 Å². The highest BCUT2D eigenvalue weighted by atomic mass is 19.1. The smallest absolute Gasteiger partial charge is 0.126 e. The van der Waals surface area contributed by atoms with Crippen molar-refractivity contribution in [2.45, 2.75) is 19.4 Å². The van der Waals surface area contributed by atoms with E-state index in [1.54, 1.807) is 7.11 Å². The van der Waals surface area contributed by atoms with Gasteiger partial charge in [-0.25, -0.2) is 8.78 Å². The highest BCUT2D eigenvalue weighted by molar-refractivity contribution is 5.38. The second-order valence-electron chi connectivity index (χ2n) is 4.78. The molecule has 2 aromatic carbocycles. The molecular formula is C16H17F2NO. The van der Waals surface area contributed by atoms with E-state index in [4.69, 9.17) is 10.5 Å². The molecule has 1 unspecified atom stereocenters. The Labute approximate surface area is 117 Å². The summed E-state index contributed by atoms with van der Waals surface area (Å²) in [5, 5.41) is 0. The van der Waals surface area contributed by atoms with Crippen LogP contribution >= 0.6 is 0 Å². The number of hydrogen-bond donors (Lipinski definition) is 1. The molecule has 0 aliphatic carbocycles.